The molecule has 0 radical (unpaired) electrons. The van der Waals surface area contributed by atoms with Crippen molar-refractivity contribution in [2.24, 2.45) is 5.92 Å². The number of hydrogen-bond donors (Lipinski definition) is 2. The predicted molar refractivity (Wildman–Crippen MR) is 74.6 cm³/mol. The van der Waals surface area contributed by atoms with E-state index in [-0.39, 0.29) is 18.2 Å². The number of anilines is 1. The molecule has 0 bridgehead atoms. The van der Waals surface area contributed by atoms with Gasteiger partial charge in [-0.25, -0.2) is 0 Å². The Labute approximate surface area is 121 Å². The van der Waals surface area contributed by atoms with E-state index in [2.05, 4.69) is 15.7 Å². The molecule has 0 spiro atoms. The van der Waals surface area contributed by atoms with Crippen molar-refractivity contribution in [2.75, 3.05) is 11.9 Å². The van der Waals surface area contributed by atoms with Crippen LogP contribution in [0.4, 0.5) is 5.69 Å². The van der Waals surface area contributed by atoms with Gasteiger partial charge in [0.2, 0.25) is 5.91 Å². The molecule has 0 aromatic carbocycles. The minimum absolute atomic E-state index is 0.118. The second-order valence-corrected chi connectivity index (χ2v) is 5.10. The lowest BCUT2D eigenvalue weighted by atomic mass is 10.4. The molecule has 2 N–H and O–H groups in total. The molecular formula is C14H16N4O3. The van der Waals surface area contributed by atoms with Crippen LogP contribution in [0.15, 0.2) is 35.2 Å². The maximum absolute atomic E-state index is 11.7. The van der Waals surface area contributed by atoms with Crippen LogP contribution in [0.25, 0.3) is 0 Å². The highest BCUT2D eigenvalue weighted by atomic mass is 16.3. The topological polar surface area (TPSA) is 89.2 Å². The highest BCUT2D eigenvalue weighted by Gasteiger charge is 2.22. The standard InChI is InChI=1S/C14H16N4O3/c19-13(7-15-14(20)12-2-1-5-21-12)17-11-6-16-18(9-11)8-10-3-4-10/h1-2,5-6,9-10H,3-4,7-8H2,(H,15,20)(H,17,19). The van der Waals surface area contributed by atoms with Gasteiger partial charge in [0.05, 0.1) is 24.7 Å². The summed E-state index contributed by atoms with van der Waals surface area (Å²) in [5.74, 6) is 0.182. The SMILES string of the molecule is O=C(CNC(=O)c1ccco1)Nc1cnn(CC2CC2)c1. The fourth-order valence-electron chi connectivity index (χ4n) is 1.95. The van der Waals surface area contributed by atoms with Crippen LogP contribution in [0.5, 0.6) is 0 Å². The molecule has 1 fully saturated rings. The van der Waals surface area contributed by atoms with Crippen molar-refractivity contribution in [3.63, 3.8) is 0 Å². The molecule has 7 nitrogen and oxygen atoms in total. The number of rotatable bonds is 6. The van der Waals surface area contributed by atoms with Gasteiger partial charge in [-0.15, -0.1) is 0 Å². The van der Waals surface area contributed by atoms with Gasteiger partial charge < -0.3 is 15.1 Å². The third-order valence-electron chi connectivity index (χ3n) is 3.21. The Morgan fingerprint density at radius 1 is 1.43 bits per heavy atom. The van der Waals surface area contributed by atoms with E-state index in [0.717, 1.165) is 12.5 Å². The molecule has 0 aliphatic heterocycles. The lowest BCUT2D eigenvalue weighted by molar-refractivity contribution is -0.115. The van der Waals surface area contributed by atoms with E-state index >= 15 is 0 Å². The maximum Gasteiger partial charge on any atom is 0.287 e. The van der Waals surface area contributed by atoms with E-state index in [4.69, 9.17) is 4.42 Å². The lowest BCUT2D eigenvalue weighted by Crippen LogP contribution is -2.32. The van der Waals surface area contributed by atoms with Crippen molar-refractivity contribution in [1.29, 1.82) is 0 Å². The van der Waals surface area contributed by atoms with Crippen molar-refractivity contribution in [2.45, 2.75) is 19.4 Å². The number of carbonyl (C=O) groups is 2. The highest BCUT2D eigenvalue weighted by Crippen LogP contribution is 2.30. The number of nitrogens with zero attached hydrogens (tertiary/aromatic N) is 2. The molecule has 110 valence electrons. The van der Waals surface area contributed by atoms with Gasteiger partial charge in [0, 0.05) is 12.7 Å². The zero-order valence-corrected chi connectivity index (χ0v) is 11.4. The van der Waals surface area contributed by atoms with Gasteiger partial charge in [-0.05, 0) is 30.9 Å². The number of furan rings is 1. The summed E-state index contributed by atoms with van der Waals surface area (Å²) in [6.45, 7) is 0.776. The van der Waals surface area contributed by atoms with Crippen LogP contribution in [-0.2, 0) is 11.3 Å². The summed E-state index contributed by atoms with van der Waals surface area (Å²) >= 11 is 0. The van der Waals surface area contributed by atoms with Crippen LogP contribution in [0.3, 0.4) is 0 Å². The molecule has 3 rings (SSSR count). The second-order valence-electron chi connectivity index (χ2n) is 5.10. The number of nitrogens with one attached hydrogen (secondary N) is 2. The lowest BCUT2D eigenvalue weighted by Gasteiger charge is -2.03. The zero-order valence-electron chi connectivity index (χ0n) is 11.4. The van der Waals surface area contributed by atoms with Crippen LogP contribution in [0.1, 0.15) is 23.4 Å². The number of amides is 2. The van der Waals surface area contributed by atoms with Crippen molar-refractivity contribution in [3.8, 4) is 0 Å². The Kier molecular flexibility index (Phi) is 3.72. The minimum atomic E-state index is -0.417. The average Bonchev–Trinajstić information content (AvgIpc) is 2.93. The fraction of sp³-hybridized carbons (Fsp3) is 0.357. The van der Waals surface area contributed by atoms with Gasteiger partial charge in [-0.2, -0.15) is 5.10 Å². The molecule has 0 saturated heterocycles. The predicted octanol–water partition coefficient (Wildman–Crippen LogP) is 1.25. The number of hydrogen-bond acceptors (Lipinski definition) is 4. The van der Waals surface area contributed by atoms with E-state index in [0.29, 0.717) is 5.69 Å². The normalized spacial score (nSPS) is 13.9. The monoisotopic (exact) mass is 288 g/mol. The second kappa shape index (κ2) is 5.82. The smallest absolute Gasteiger partial charge is 0.287 e. The third kappa shape index (κ3) is 3.71. The first-order chi connectivity index (χ1) is 10.2. The van der Waals surface area contributed by atoms with Crippen molar-refractivity contribution >= 4 is 17.5 Å². The minimum Gasteiger partial charge on any atom is -0.459 e. The first-order valence-corrected chi connectivity index (χ1v) is 6.85. The van der Waals surface area contributed by atoms with Crippen molar-refractivity contribution in [1.82, 2.24) is 15.1 Å². The van der Waals surface area contributed by atoms with Crippen LogP contribution in [-0.4, -0.2) is 28.1 Å². The molecule has 2 aromatic rings. The summed E-state index contributed by atoms with van der Waals surface area (Å²) in [6.07, 6.45) is 7.31. The van der Waals surface area contributed by atoms with E-state index in [1.54, 1.807) is 18.5 Å². The van der Waals surface area contributed by atoms with Crippen LogP contribution < -0.4 is 10.6 Å². The number of carbonyl (C=O) groups excluding carboxylic acids is 2. The third-order valence-corrected chi connectivity index (χ3v) is 3.21. The molecular weight excluding hydrogens is 272 g/mol. The van der Waals surface area contributed by atoms with Crippen molar-refractivity contribution in [3.05, 3.63) is 36.5 Å². The molecule has 7 heteroatoms. The summed E-state index contributed by atoms with van der Waals surface area (Å²) in [7, 11) is 0. The van der Waals surface area contributed by atoms with E-state index in [1.165, 1.54) is 25.2 Å². The molecule has 0 unspecified atom stereocenters. The summed E-state index contributed by atoms with van der Waals surface area (Å²) in [5.41, 5.74) is 0.632. The van der Waals surface area contributed by atoms with Gasteiger partial charge in [0.25, 0.3) is 5.91 Å². The van der Waals surface area contributed by atoms with E-state index in [9.17, 15) is 9.59 Å². The number of aromatic nitrogens is 2. The fourth-order valence-corrected chi connectivity index (χ4v) is 1.95. The summed E-state index contributed by atoms with van der Waals surface area (Å²) in [6, 6.07) is 3.15. The van der Waals surface area contributed by atoms with Crippen molar-refractivity contribution < 1.29 is 14.0 Å². The first-order valence-electron chi connectivity index (χ1n) is 6.85. The average molecular weight is 288 g/mol. The Bertz CT molecular complexity index is 628. The van der Waals surface area contributed by atoms with Gasteiger partial charge in [-0.1, -0.05) is 0 Å². The molecule has 1 saturated carbocycles. The first kappa shape index (κ1) is 13.4. The molecule has 2 amide bonds. The highest BCUT2D eigenvalue weighted by molar-refractivity contribution is 5.97. The molecule has 21 heavy (non-hydrogen) atoms. The Morgan fingerprint density at radius 3 is 3.00 bits per heavy atom. The quantitative estimate of drug-likeness (QED) is 0.837. The molecule has 1 aliphatic rings. The molecule has 2 aromatic heterocycles. The van der Waals surface area contributed by atoms with E-state index < -0.39 is 5.91 Å². The van der Waals surface area contributed by atoms with Gasteiger partial charge in [-0.3, -0.25) is 14.3 Å². The van der Waals surface area contributed by atoms with Gasteiger partial charge in [0.1, 0.15) is 0 Å². The summed E-state index contributed by atoms with van der Waals surface area (Å²) in [4.78, 5) is 23.3. The van der Waals surface area contributed by atoms with E-state index in [1.807, 2.05) is 4.68 Å². The Hall–Kier alpha value is -2.57. The largest absolute Gasteiger partial charge is 0.459 e. The van der Waals surface area contributed by atoms with Gasteiger partial charge >= 0.3 is 0 Å². The molecule has 2 heterocycles. The zero-order chi connectivity index (χ0) is 14.7. The summed E-state index contributed by atoms with van der Waals surface area (Å²) in [5, 5.41) is 9.36. The maximum atomic E-state index is 11.7. The molecule has 1 aliphatic carbocycles. The summed E-state index contributed by atoms with van der Waals surface area (Å²) < 4.78 is 6.76. The Morgan fingerprint density at radius 2 is 2.29 bits per heavy atom. The van der Waals surface area contributed by atoms with Crippen LogP contribution in [0, 0.1) is 5.92 Å². The van der Waals surface area contributed by atoms with Gasteiger partial charge in [0.15, 0.2) is 5.76 Å². The van der Waals surface area contributed by atoms with Crippen LogP contribution >= 0.6 is 0 Å². The van der Waals surface area contributed by atoms with Crippen LogP contribution in [0.2, 0.25) is 0 Å². The molecule has 0 atom stereocenters. The Balaban J connectivity index is 1.45.